The van der Waals surface area contributed by atoms with Crippen molar-refractivity contribution in [2.75, 3.05) is 50.1 Å². The van der Waals surface area contributed by atoms with Crippen molar-refractivity contribution in [1.82, 2.24) is 19.9 Å². The molecule has 2 aromatic heterocycles. The summed E-state index contributed by atoms with van der Waals surface area (Å²) >= 11 is 0. The number of aromatic nitrogens is 3. The summed E-state index contributed by atoms with van der Waals surface area (Å²) in [6.45, 7) is 6.88. The summed E-state index contributed by atoms with van der Waals surface area (Å²) in [6.07, 6.45) is 5.17. The second-order valence-corrected chi connectivity index (χ2v) is 8.94. The van der Waals surface area contributed by atoms with E-state index in [4.69, 9.17) is 9.47 Å². The van der Waals surface area contributed by atoms with Crippen LogP contribution in [-0.4, -0.2) is 65.2 Å². The smallest absolute Gasteiger partial charge is 0.255 e. The van der Waals surface area contributed by atoms with E-state index in [1.54, 1.807) is 30.7 Å². The molecule has 38 heavy (non-hydrogen) atoms. The van der Waals surface area contributed by atoms with Gasteiger partial charge in [-0.2, -0.15) is 0 Å². The Morgan fingerprint density at radius 2 is 1.89 bits per heavy atom. The lowest BCUT2D eigenvalue weighted by molar-refractivity contribution is 0.0322. The molecule has 5 rings (SSSR count). The number of morpholine rings is 1. The van der Waals surface area contributed by atoms with Crippen molar-refractivity contribution >= 4 is 23.2 Å². The molecule has 1 amide bonds. The highest BCUT2D eigenvalue weighted by atomic mass is 16.5. The van der Waals surface area contributed by atoms with Crippen molar-refractivity contribution in [3.63, 3.8) is 0 Å². The summed E-state index contributed by atoms with van der Waals surface area (Å²) in [5, 5.41) is 6.19. The van der Waals surface area contributed by atoms with Gasteiger partial charge in [0.1, 0.15) is 12.4 Å². The van der Waals surface area contributed by atoms with Gasteiger partial charge < -0.3 is 20.1 Å². The molecule has 2 N–H and O–H groups in total. The van der Waals surface area contributed by atoms with Crippen LogP contribution in [0.5, 0.6) is 5.75 Å². The fraction of sp³-hybridized carbons (Fsp3) is 0.241. The van der Waals surface area contributed by atoms with Crippen LogP contribution in [0.25, 0.3) is 11.3 Å². The fourth-order valence-electron chi connectivity index (χ4n) is 4.07. The Labute approximate surface area is 221 Å². The van der Waals surface area contributed by atoms with Crippen LogP contribution >= 0.6 is 0 Å². The first-order chi connectivity index (χ1) is 18.6. The summed E-state index contributed by atoms with van der Waals surface area (Å²) in [4.78, 5) is 28.4. The van der Waals surface area contributed by atoms with Crippen molar-refractivity contribution < 1.29 is 14.3 Å². The molecule has 1 aliphatic heterocycles. The highest BCUT2D eigenvalue weighted by Gasteiger charge is 2.12. The molecule has 0 aliphatic carbocycles. The van der Waals surface area contributed by atoms with Gasteiger partial charge in [-0.1, -0.05) is 6.07 Å². The lowest BCUT2D eigenvalue weighted by atomic mass is 10.1. The molecule has 1 fully saturated rings. The second-order valence-electron chi connectivity index (χ2n) is 8.94. The quantitative estimate of drug-likeness (QED) is 0.338. The van der Waals surface area contributed by atoms with E-state index < -0.39 is 0 Å². The third-order valence-electron chi connectivity index (χ3n) is 6.25. The Hall–Kier alpha value is -4.34. The SMILES string of the molecule is Cc1ccc(C(=O)Nc2ccc(OCCN3CCOCC3)cc2)cc1Nc1nccc(-c2cccnc2)n1. The van der Waals surface area contributed by atoms with Gasteiger partial charge in [0.05, 0.1) is 18.9 Å². The number of ether oxygens (including phenoxy) is 2. The number of rotatable bonds is 9. The van der Waals surface area contributed by atoms with Gasteiger partial charge in [0, 0.05) is 60.7 Å². The van der Waals surface area contributed by atoms with Crippen LogP contribution in [0, 0.1) is 6.92 Å². The zero-order valence-electron chi connectivity index (χ0n) is 21.3. The summed E-state index contributed by atoms with van der Waals surface area (Å²) in [7, 11) is 0. The molecule has 1 saturated heterocycles. The third kappa shape index (κ3) is 6.70. The van der Waals surface area contributed by atoms with E-state index in [1.807, 2.05) is 55.5 Å². The molecule has 4 aromatic rings. The minimum absolute atomic E-state index is 0.209. The molecular weight excluding hydrogens is 480 g/mol. The van der Waals surface area contributed by atoms with E-state index in [0.717, 1.165) is 61.1 Å². The largest absolute Gasteiger partial charge is 0.492 e. The van der Waals surface area contributed by atoms with Crippen LogP contribution in [0.1, 0.15) is 15.9 Å². The monoisotopic (exact) mass is 510 g/mol. The number of carbonyl (C=O) groups is 1. The topological polar surface area (TPSA) is 102 Å². The van der Waals surface area contributed by atoms with Gasteiger partial charge in [-0.05, 0) is 67.1 Å². The predicted molar refractivity (Wildman–Crippen MR) is 147 cm³/mol. The maximum atomic E-state index is 13.0. The van der Waals surface area contributed by atoms with E-state index in [9.17, 15) is 4.79 Å². The maximum absolute atomic E-state index is 13.0. The lowest BCUT2D eigenvalue weighted by Crippen LogP contribution is -2.38. The Morgan fingerprint density at radius 1 is 1.05 bits per heavy atom. The van der Waals surface area contributed by atoms with Gasteiger partial charge in [0.2, 0.25) is 5.95 Å². The maximum Gasteiger partial charge on any atom is 0.255 e. The molecule has 0 saturated carbocycles. The number of amides is 1. The number of carbonyl (C=O) groups excluding carboxylic acids is 1. The Balaban J connectivity index is 1.19. The molecule has 0 atom stereocenters. The van der Waals surface area contributed by atoms with Crippen LogP contribution in [0.15, 0.2) is 79.3 Å². The predicted octanol–water partition coefficient (Wildman–Crippen LogP) is 4.55. The Bertz CT molecular complexity index is 1360. The lowest BCUT2D eigenvalue weighted by Gasteiger charge is -2.26. The van der Waals surface area contributed by atoms with Crippen LogP contribution in [0.2, 0.25) is 0 Å². The first kappa shape index (κ1) is 25.3. The molecule has 0 bridgehead atoms. The molecule has 9 nitrogen and oxygen atoms in total. The Morgan fingerprint density at radius 3 is 2.68 bits per heavy atom. The minimum atomic E-state index is -0.209. The van der Waals surface area contributed by atoms with Gasteiger partial charge in [-0.3, -0.25) is 14.7 Å². The van der Waals surface area contributed by atoms with E-state index >= 15 is 0 Å². The minimum Gasteiger partial charge on any atom is -0.492 e. The summed E-state index contributed by atoms with van der Waals surface area (Å²) in [6, 6.07) is 18.5. The zero-order chi connectivity index (χ0) is 26.2. The van der Waals surface area contributed by atoms with E-state index in [2.05, 4.69) is 30.5 Å². The van der Waals surface area contributed by atoms with Gasteiger partial charge in [-0.25, -0.2) is 9.97 Å². The van der Waals surface area contributed by atoms with Gasteiger partial charge in [0.15, 0.2) is 0 Å². The molecule has 9 heteroatoms. The standard InChI is InChI=1S/C29H30N6O3/c1-21-4-5-22(19-27(21)34-29-31-12-10-26(33-29)23-3-2-11-30-20-23)28(36)32-24-6-8-25(9-7-24)38-18-15-35-13-16-37-17-14-35/h2-12,19-20H,13-18H2,1H3,(H,32,36)(H,31,33,34). The summed E-state index contributed by atoms with van der Waals surface area (Å²) in [5.41, 5.74) is 4.60. The number of pyridine rings is 1. The van der Waals surface area contributed by atoms with Crippen LogP contribution in [0.4, 0.5) is 17.3 Å². The molecule has 0 spiro atoms. The van der Waals surface area contributed by atoms with Gasteiger partial charge >= 0.3 is 0 Å². The van der Waals surface area contributed by atoms with Crippen LogP contribution in [-0.2, 0) is 4.74 Å². The van der Waals surface area contributed by atoms with E-state index in [1.165, 1.54) is 0 Å². The number of anilines is 3. The molecular formula is C29H30N6O3. The third-order valence-corrected chi connectivity index (χ3v) is 6.25. The van der Waals surface area contributed by atoms with Crippen molar-refractivity contribution in [3.8, 4) is 17.0 Å². The van der Waals surface area contributed by atoms with E-state index in [0.29, 0.717) is 23.8 Å². The molecule has 1 aliphatic rings. The highest BCUT2D eigenvalue weighted by molar-refractivity contribution is 6.05. The van der Waals surface area contributed by atoms with Gasteiger partial charge in [-0.15, -0.1) is 0 Å². The normalized spacial score (nSPS) is 13.6. The molecule has 2 aromatic carbocycles. The fourth-order valence-corrected chi connectivity index (χ4v) is 4.07. The molecule has 0 unspecified atom stereocenters. The number of benzene rings is 2. The number of nitrogens with zero attached hydrogens (tertiary/aromatic N) is 4. The summed E-state index contributed by atoms with van der Waals surface area (Å²) < 4.78 is 11.2. The second kappa shape index (κ2) is 12.3. The first-order valence-electron chi connectivity index (χ1n) is 12.6. The number of hydrogen-bond donors (Lipinski definition) is 2. The van der Waals surface area contributed by atoms with Crippen molar-refractivity contribution in [2.45, 2.75) is 6.92 Å². The zero-order valence-corrected chi connectivity index (χ0v) is 21.3. The average Bonchev–Trinajstić information content (AvgIpc) is 2.96. The number of aryl methyl sites for hydroxylation is 1. The number of nitrogens with one attached hydrogen (secondary N) is 2. The first-order valence-corrected chi connectivity index (χ1v) is 12.6. The van der Waals surface area contributed by atoms with E-state index in [-0.39, 0.29) is 5.91 Å². The van der Waals surface area contributed by atoms with Gasteiger partial charge in [0.25, 0.3) is 5.91 Å². The number of hydrogen-bond acceptors (Lipinski definition) is 8. The van der Waals surface area contributed by atoms with Crippen molar-refractivity contribution in [3.05, 3.63) is 90.4 Å². The molecule has 0 radical (unpaired) electrons. The Kier molecular flexibility index (Phi) is 8.17. The molecule has 3 heterocycles. The van der Waals surface area contributed by atoms with Crippen molar-refractivity contribution in [1.29, 1.82) is 0 Å². The van der Waals surface area contributed by atoms with Crippen LogP contribution < -0.4 is 15.4 Å². The van der Waals surface area contributed by atoms with Crippen LogP contribution in [0.3, 0.4) is 0 Å². The van der Waals surface area contributed by atoms with Crippen molar-refractivity contribution in [2.24, 2.45) is 0 Å². The average molecular weight is 511 g/mol. The summed E-state index contributed by atoms with van der Waals surface area (Å²) in [5.74, 6) is 1.00. The molecule has 194 valence electrons. The highest BCUT2D eigenvalue weighted by Crippen LogP contribution is 2.23.